The number of hydrogen-bond acceptors (Lipinski definition) is 1. The maximum atomic E-state index is 12.5. The Bertz CT molecular complexity index is 388. The number of hydrogen-bond donors (Lipinski definition) is 0. The Morgan fingerprint density at radius 2 is 1.69 bits per heavy atom. The lowest BCUT2D eigenvalue weighted by atomic mass is 10.2. The molecular formula is C9H6BrF5O. The summed E-state index contributed by atoms with van der Waals surface area (Å²) in [5, 5.41) is 0. The molecule has 0 heterocycles. The van der Waals surface area contributed by atoms with Crippen molar-refractivity contribution in [3.63, 3.8) is 0 Å². The maximum absolute atomic E-state index is 12.5. The highest BCUT2D eigenvalue weighted by Gasteiger charge is 2.61. The smallest absolute Gasteiger partial charge is 0.426 e. The lowest BCUT2D eigenvalue weighted by Gasteiger charge is -2.20. The first-order valence-electron chi connectivity index (χ1n) is 4.03. The van der Waals surface area contributed by atoms with Gasteiger partial charge in [-0.2, -0.15) is 22.0 Å². The molecule has 0 N–H and O–H groups in total. The highest BCUT2D eigenvalue weighted by molar-refractivity contribution is 9.10. The minimum Gasteiger partial charge on any atom is -0.426 e. The molecule has 0 bridgehead atoms. The van der Waals surface area contributed by atoms with Gasteiger partial charge in [0.05, 0.1) is 0 Å². The van der Waals surface area contributed by atoms with Gasteiger partial charge in [-0.05, 0) is 30.7 Å². The number of halogens is 6. The summed E-state index contributed by atoms with van der Waals surface area (Å²) in [7, 11) is 0. The first kappa shape index (κ1) is 13.2. The quantitative estimate of drug-likeness (QED) is 0.741. The van der Waals surface area contributed by atoms with Crippen LogP contribution in [0.3, 0.4) is 0 Å². The summed E-state index contributed by atoms with van der Waals surface area (Å²) in [5.74, 6) is -0.539. The topological polar surface area (TPSA) is 9.23 Å². The fraction of sp³-hybridized carbons (Fsp3) is 0.333. The molecule has 0 amide bonds. The van der Waals surface area contributed by atoms with Crippen molar-refractivity contribution in [3.05, 3.63) is 28.2 Å². The summed E-state index contributed by atoms with van der Waals surface area (Å²) in [6.45, 7) is 1.54. The van der Waals surface area contributed by atoms with Crippen LogP contribution in [0.5, 0.6) is 5.75 Å². The zero-order valence-corrected chi connectivity index (χ0v) is 9.49. The average Bonchev–Trinajstić information content (AvgIpc) is 2.09. The summed E-state index contributed by atoms with van der Waals surface area (Å²) in [6.07, 6.45) is -10.9. The molecule has 0 atom stereocenters. The van der Waals surface area contributed by atoms with Crippen molar-refractivity contribution in [2.45, 2.75) is 19.2 Å². The molecule has 0 aliphatic heterocycles. The molecule has 0 aliphatic rings. The van der Waals surface area contributed by atoms with E-state index < -0.39 is 18.0 Å². The van der Waals surface area contributed by atoms with Gasteiger partial charge in [-0.3, -0.25) is 0 Å². The van der Waals surface area contributed by atoms with Gasteiger partial charge in [0.2, 0.25) is 0 Å². The van der Waals surface area contributed by atoms with Gasteiger partial charge in [0.1, 0.15) is 5.75 Å². The molecule has 0 saturated carbocycles. The number of aryl methyl sites for hydroxylation is 1. The van der Waals surface area contributed by atoms with Gasteiger partial charge in [0.15, 0.2) is 0 Å². The Kier molecular flexibility index (Phi) is 3.47. The fourth-order valence-corrected chi connectivity index (χ4v) is 1.13. The second-order valence-corrected chi connectivity index (χ2v) is 3.88. The van der Waals surface area contributed by atoms with Crippen molar-refractivity contribution in [3.8, 4) is 5.75 Å². The lowest BCUT2D eigenvalue weighted by Crippen LogP contribution is -2.41. The second kappa shape index (κ2) is 4.20. The van der Waals surface area contributed by atoms with E-state index >= 15 is 0 Å². The highest BCUT2D eigenvalue weighted by Crippen LogP contribution is 2.37. The van der Waals surface area contributed by atoms with E-state index in [-0.39, 0.29) is 0 Å². The third-order valence-electron chi connectivity index (χ3n) is 1.71. The zero-order chi connectivity index (χ0) is 12.6. The standard InChI is InChI=1S/C9H6BrF5O/c1-5-4-6(2-3-7(5)10)16-9(14,15)8(11,12)13/h2-4H,1H3. The van der Waals surface area contributed by atoms with Gasteiger partial charge < -0.3 is 4.74 Å². The van der Waals surface area contributed by atoms with E-state index in [0.29, 0.717) is 10.0 Å². The molecule has 90 valence electrons. The number of ether oxygens (including phenoxy) is 1. The number of benzene rings is 1. The van der Waals surface area contributed by atoms with E-state index in [0.717, 1.165) is 12.1 Å². The van der Waals surface area contributed by atoms with Crippen molar-refractivity contribution in [2.75, 3.05) is 0 Å². The predicted molar refractivity (Wildman–Crippen MR) is 50.5 cm³/mol. The van der Waals surface area contributed by atoms with E-state index in [4.69, 9.17) is 0 Å². The molecule has 0 saturated heterocycles. The van der Waals surface area contributed by atoms with Crippen LogP contribution in [0.15, 0.2) is 22.7 Å². The Morgan fingerprint density at radius 1 is 1.12 bits per heavy atom. The molecule has 0 fully saturated rings. The van der Waals surface area contributed by atoms with Crippen LogP contribution in [0.25, 0.3) is 0 Å². The molecular weight excluding hydrogens is 299 g/mol. The fourth-order valence-electron chi connectivity index (χ4n) is 0.887. The van der Waals surface area contributed by atoms with Crippen LogP contribution >= 0.6 is 15.9 Å². The molecule has 0 spiro atoms. The Morgan fingerprint density at radius 3 is 2.12 bits per heavy atom. The zero-order valence-electron chi connectivity index (χ0n) is 7.91. The normalized spacial score (nSPS) is 12.7. The molecule has 0 unspecified atom stereocenters. The third kappa shape index (κ3) is 2.84. The first-order chi connectivity index (χ1) is 7.13. The van der Waals surface area contributed by atoms with Crippen molar-refractivity contribution >= 4 is 15.9 Å². The molecule has 1 rings (SSSR count). The third-order valence-corrected chi connectivity index (χ3v) is 2.60. The SMILES string of the molecule is Cc1cc(OC(F)(F)C(F)(F)F)ccc1Br. The van der Waals surface area contributed by atoms with Crippen molar-refractivity contribution < 1.29 is 26.7 Å². The van der Waals surface area contributed by atoms with E-state index in [9.17, 15) is 22.0 Å². The minimum atomic E-state index is -5.73. The Hall–Kier alpha value is -0.850. The monoisotopic (exact) mass is 304 g/mol. The van der Waals surface area contributed by atoms with Crippen molar-refractivity contribution in [1.82, 2.24) is 0 Å². The lowest BCUT2D eigenvalue weighted by molar-refractivity contribution is -0.360. The van der Waals surface area contributed by atoms with Gasteiger partial charge in [0, 0.05) is 4.47 Å². The van der Waals surface area contributed by atoms with E-state index in [1.165, 1.54) is 6.07 Å². The Balaban J connectivity index is 2.93. The summed E-state index contributed by atoms with van der Waals surface area (Å²) in [4.78, 5) is 0. The van der Waals surface area contributed by atoms with Crippen LogP contribution in [0, 0.1) is 6.92 Å². The van der Waals surface area contributed by atoms with Crippen LogP contribution in [0.4, 0.5) is 22.0 Å². The molecule has 0 radical (unpaired) electrons. The van der Waals surface area contributed by atoms with Crippen LogP contribution in [0.2, 0.25) is 0 Å². The summed E-state index contributed by atoms with van der Waals surface area (Å²) in [5.41, 5.74) is 0.496. The Labute approximate surface area is 96.3 Å². The molecule has 0 aliphatic carbocycles. The average molecular weight is 305 g/mol. The van der Waals surface area contributed by atoms with E-state index in [2.05, 4.69) is 20.7 Å². The number of rotatable bonds is 2. The molecule has 16 heavy (non-hydrogen) atoms. The van der Waals surface area contributed by atoms with Crippen LogP contribution in [0.1, 0.15) is 5.56 Å². The highest BCUT2D eigenvalue weighted by atomic mass is 79.9. The maximum Gasteiger partial charge on any atom is 0.499 e. The largest absolute Gasteiger partial charge is 0.499 e. The van der Waals surface area contributed by atoms with E-state index in [1.807, 2.05) is 0 Å². The number of alkyl halides is 5. The van der Waals surface area contributed by atoms with E-state index in [1.54, 1.807) is 6.92 Å². The summed E-state index contributed by atoms with van der Waals surface area (Å²) >= 11 is 3.08. The molecule has 1 nitrogen and oxygen atoms in total. The second-order valence-electron chi connectivity index (χ2n) is 3.03. The summed E-state index contributed by atoms with van der Waals surface area (Å²) in [6, 6.07) is 3.44. The van der Waals surface area contributed by atoms with Gasteiger partial charge in [-0.1, -0.05) is 15.9 Å². The minimum absolute atomic E-state index is 0.496. The van der Waals surface area contributed by atoms with Gasteiger partial charge in [0.25, 0.3) is 0 Å². The molecule has 1 aromatic rings. The van der Waals surface area contributed by atoms with Gasteiger partial charge >= 0.3 is 12.3 Å². The molecule has 0 aromatic heterocycles. The first-order valence-corrected chi connectivity index (χ1v) is 4.82. The van der Waals surface area contributed by atoms with Crippen LogP contribution in [-0.4, -0.2) is 12.3 Å². The molecule has 7 heteroatoms. The van der Waals surface area contributed by atoms with Crippen molar-refractivity contribution in [2.24, 2.45) is 0 Å². The van der Waals surface area contributed by atoms with Crippen LogP contribution in [-0.2, 0) is 0 Å². The van der Waals surface area contributed by atoms with Crippen molar-refractivity contribution in [1.29, 1.82) is 0 Å². The van der Waals surface area contributed by atoms with Gasteiger partial charge in [-0.15, -0.1) is 0 Å². The summed E-state index contributed by atoms with van der Waals surface area (Å²) < 4.78 is 64.6. The molecule has 1 aromatic carbocycles. The van der Waals surface area contributed by atoms with Crippen LogP contribution < -0.4 is 4.74 Å². The van der Waals surface area contributed by atoms with Gasteiger partial charge in [-0.25, -0.2) is 0 Å². The predicted octanol–water partition coefficient (Wildman–Crippen LogP) is 4.29.